The second-order valence-corrected chi connectivity index (χ2v) is 6.89. The Balaban J connectivity index is 1.81. The molecular formula is C20H27N5O4. The fourth-order valence-electron chi connectivity index (χ4n) is 3.44. The summed E-state index contributed by atoms with van der Waals surface area (Å²) in [7, 11) is 0. The van der Waals surface area contributed by atoms with Gasteiger partial charge in [-0.3, -0.25) is 19.1 Å². The number of aromatic amines is 1. The van der Waals surface area contributed by atoms with Crippen molar-refractivity contribution in [2.45, 2.75) is 19.9 Å². The highest BCUT2D eigenvalue weighted by atomic mass is 16.5. The first kappa shape index (κ1) is 20.7. The Morgan fingerprint density at radius 1 is 1.21 bits per heavy atom. The lowest BCUT2D eigenvalue weighted by Crippen LogP contribution is -2.43. The van der Waals surface area contributed by atoms with Crippen molar-refractivity contribution in [2.75, 3.05) is 50.0 Å². The van der Waals surface area contributed by atoms with Crippen molar-refractivity contribution in [3.63, 3.8) is 0 Å². The fraction of sp³-hybridized carbons (Fsp3) is 0.450. The highest BCUT2D eigenvalue weighted by molar-refractivity contribution is 5.77. The summed E-state index contributed by atoms with van der Waals surface area (Å²) in [5, 5.41) is 0. The summed E-state index contributed by atoms with van der Waals surface area (Å²) >= 11 is 0. The van der Waals surface area contributed by atoms with E-state index in [0.29, 0.717) is 39.4 Å². The summed E-state index contributed by atoms with van der Waals surface area (Å²) in [6.07, 6.45) is 0.254. The Bertz CT molecular complexity index is 948. The first-order valence-corrected chi connectivity index (χ1v) is 9.78. The molecule has 3 N–H and O–H groups in total. The molecule has 29 heavy (non-hydrogen) atoms. The van der Waals surface area contributed by atoms with Gasteiger partial charge >= 0.3 is 5.69 Å². The molecule has 0 radical (unpaired) electrons. The number of carbonyl (C=O) groups is 1. The monoisotopic (exact) mass is 401 g/mol. The zero-order chi connectivity index (χ0) is 20.8. The minimum Gasteiger partial charge on any atom is -0.383 e. The molecule has 2 aromatic rings. The van der Waals surface area contributed by atoms with Crippen LogP contribution in [0.1, 0.15) is 18.9 Å². The molecule has 9 nitrogen and oxygen atoms in total. The summed E-state index contributed by atoms with van der Waals surface area (Å²) in [6, 6.07) is 9.40. The molecule has 0 aliphatic carbocycles. The van der Waals surface area contributed by atoms with E-state index in [0.717, 1.165) is 5.56 Å². The minimum atomic E-state index is -0.555. The van der Waals surface area contributed by atoms with Crippen molar-refractivity contribution in [3.8, 4) is 0 Å². The molecule has 1 aliphatic heterocycles. The van der Waals surface area contributed by atoms with Crippen LogP contribution in [-0.2, 0) is 16.1 Å². The number of rotatable bonds is 7. The third-order valence-corrected chi connectivity index (χ3v) is 5.05. The zero-order valence-corrected chi connectivity index (χ0v) is 16.6. The maximum atomic E-state index is 12.5. The topological polar surface area (TPSA) is 114 Å². The number of nitrogen functional groups attached to an aromatic ring is 1. The molecule has 156 valence electrons. The van der Waals surface area contributed by atoms with Gasteiger partial charge in [0.05, 0.1) is 19.8 Å². The third kappa shape index (κ3) is 4.86. The zero-order valence-electron chi connectivity index (χ0n) is 16.6. The van der Waals surface area contributed by atoms with Gasteiger partial charge in [-0.25, -0.2) is 4.79 Å². The maximum absolute atomic E-state index is 12.5. The van der Waals surface area contributed by atoms with E-state index in [4.69, 9.17) is 10.5 Å². The second-order valence-electron chi connectivity index (χ2n) is 6.89. The van der Waals surface area contributed by atoms with Gasteiger partial charge in [-0.1, -0.05) is 30.3 Å². The lowest BCUT2D eigenvalue weighted by atomic mass is 10.2. The fourth-order valence-corrected chi connectivity index (χ4v) is 3.44. The van der Waals surface area contributed by atoms with Crippen LogP contribution in [-0.4, -0.2) is 59.8 Å². The van der Waals surface area contributed by atoms with Gasteiger partial charge in [-0.2, -0.15) is 0 Å². The van der Waals surface area contributed by atoms with Crippen LogP contribution in [0.15, 0.2) is 39.9 Å². The number of nitrogens with zero attached hydrogens (tertiary/aromatic N) is 3. The van der Waals surface area contributed by atoms with Crippen molar-refractivity contribution in [3.05, 3.63) is 56.7 Å². The Morgan fingerprint density at radius 3 is 2.55 bits per heavy atom. The average Bonchev–Trinajstić information content (AvgIpc) is 2.74. The SMILES string of the molecule is CCN(CCC(=O)N1CCOCC1)c1c(N)n(Cc2ccccc2)c(=O)[nH]c1=O. The van der Waals surface area contributed by atoms with Gasteiger partial charge in [-0.05, 0) is 12.5 Å². The van der Waals surface area contributed by atoms with Gasteiger partial charge < -0.3 is 20.3 Å². The van der Waals surface area contributed by atoms with Crippen molar-refractivity contribution < 1.29 is 9.53 Å². The molecule has 1 aromatic carbocycles. The van der Waals surface area contributed by atoms with Crippen molar-refractivity contribution >= 4 is 17.4 Å². The molecule has 0 bridgehead atoms. The number of anilines is 2. The number of hydrogen-bond acceptors (Lipinski definition) is 6. The molecule has 1 saturated heterocycles. The van der Waals surface area contributed by atoms with Gasteiger partial charge in [0.15, 0.2) is 0 Å². The van der Waals surface area contributed by atoms with E-state index in [-0.39, 0.29) is 30.4 Å². The molecule has 1 fully saturated rings. The maximum Gasteiger partial charge on any atom is 0.330 e. The van der Waals surface area contributed by atoms with Gasteiger partial charge in [0.1, 0.15) is 11.5 Å². The smallest absolute Gasteiger partial charge is 0.330 e. The summed E-state index contributed by atoms with van der Waals surface area (Å²) in [4.78, 5) is 43.2. The molecule has 1 aromatic heterocycles. The van der Waals surface area contributed by atoms with E-state index >= 15 is 0 Å². The standard InChI is InChI=1S/C20H27N5O4/c1-2-23(9-8-16(26)24-10-12-29-13-11-24)17-18(21)25(20(28)22-19(17)27)14-15-6-4-3-5-7-15/h3-7H,2,8-14,21H2,1H3,(H,22,27,28). The number of amides is 1. The summed E-state index contributed by atoms with van der Waals surface area (Å²) in [5.74, 6) is 0.114. The number of H-pyrrole nitrogens is 1. The Kier molecular flexibility index (Phi) is 6.71. The lowest BCUT2D eigenvalue weighted by Gasteiger charge is -2.29. The van der Waals surface area contributed by atoms with E-state index in [2.05, 4.69) is 4.98 Å². The predicted octanol–water partition coefficient (Wildman–Crippen LogP) is 0.242. The predicted molar refractivity (Wildman–Crippen MR) is 111 cm³/mol. The number of benzene rings is 1. The quantitative estimate of drug-likeness (QED) is 0.687. The molecule has 0 unspecified atom stereocenters. The van der Waals surface area contributed by atoms with E-state index in [1.54, 1.807) is 9.80 Å². The van der Waals surface area contributed by atoms with Crippen molar-refractivity contribution in [1.29, 1.82) is 0 Å². The van der Waals surface area contributed by atoms with Crippen LogP contribution in [0.5, 0.6) is 0 Å². The van der Waals surface area contributed by atoms with Crippen molar-refractivity contribution in [2.24, 2.45) is 0 Å². The normalized spacial score (nSPS) is 14.0. The first-order chi connectivity index (χ1) is 14.0. The van der Waals surface area contributed by atoms with Crippen LogP contribution in [0, 0.1) is 0 Å². The summed E-state index contributed by atoms with van der Waals surface area (Å²) < 4.78 is 6.62. The van der Waals surface area contributed by atoms with Gasteiger partial charge in [0.2, 0.25) is 5.91 Å². The number of aromatic nitrogens is 2. The van der Waals surface area contributed by atoms with Crippen molar-refractivity contribution in [1.82, 2.24) is 14.5 Å². The molecular weight excluding hydrogens is 374 g/mol. The van der Waals surface area contributed by atoms with Crippen LogP contribution in [0.3, 0.4) is 0 Å². The summed E-state index contributed by atoms with van der Waals surface area (Å²) in [5.41, 5.74) is 6.26. The lowest BCUT2D eigenvalue weighted by molar-refractivity contribution is -0.135. The molecule has 0 atom stereocenters. The van der Waals surface area contributed by atoms with Crippen LogP contribution >= 0.6 is 0 Å². The van der Waals surface area contributed by atoms with Crippen LogP contribution in [0.25, 0.3) is 0 Å². The van der Waals surface area contributed by atoms with Gasteiger partial charge in [-0.15, -0.1) is 0 Å². The number of hydrogen-bond donors (Lipinski definition) is 2. The number of morpholine rings is 1. The van der Waals surface area contributed by atoms with Gasteiger partial charge in [0, 0.05) is 32.6 Å². The molecule has 0 saturated carbocycles. The molecule has 1 amide bonds. The molecule has 1 aliphatic rings. The van der Waals surface area contributed by atoms with E-state index in [1.165, 1.54) is 4.57 Å². The molecule has 3 rings (SSSR count). The van der Waals surface area contributed by atoms with E-state index < -0.39 is 11.2 Å². The molecule has 0 spiro atoms. The number of nitrogens with two attached hydrogens (primary N) is 1. The minimum absolute atomic E-state index is 0.0133. The first-order valence-electron chi connectivity index (χ1n) is 9.78. The van der Waals surface area contributed by atoms with Crippen LogP contribution in [0.2, 0.25) is 0 Å². The Hall–Kier alpha value is -3.07. The molecule has 9 heteroatoms. The van der Waals surface area contributed by atoms with E-state index in [1.807, 2.05) is 37.3 Å². The number of carbonyl (C=O) groups excluding carboxylic acids is 1. The number of ether oxygens (including phenoxy) is 1. The van der Waals surface area contributed by atoms with E-state index in [9.17, 15) is 14.4 Å². The largest absolute Gasteiger partial charge is 0.383 e. The Morgan fingerprint density at radius 2 is 1.90 bits per heavy atom. The van der Waals surface area contributed by atoms with Crippen LogP contribution < -0.4 is 21.9 Å². The van der Waals surface area contributed by atoms with Gasteiger partial charge in [0.25, 0.3) is 5.56 Å². The number of nitrogens with one attached hydrogen (secondary N) is 1. The highest BCUT2D eigenvalue weighted by Crippen LogP contribution is 2.18. The molecule has 2 heterocycles. The Labute approximate surface area is 168 Å². The second kappa shape index (κ2) is 9.42. The third-order valence-electron chi connectivity index (χ3n) is 5.05. The average molecular weight is 401 g/mol. The van der Waals surface area contributed by atoms with Crippen LogP contribution in [0.4, 0.5) is 11.5 Å². The summed E-state index contributed by atoms with van der Waals surface area (Å²) in [6.45, 7) is 5.19. The highest BCUT2D eigenvalue weighted by Gasteiger charge is 2.21.